The lowest BCUT2D eigenvalue weighted by Crippen LogP contribution is -2.35. The molecule has 1 aromatic rings. The predicted octanol–water partition coefficient (Wildman–Crippen LogP) is 0.0838. The number of likely N-dealkylation sites (tertiary alicyclic amines) is 1. The van der Waals surface area contributed by atoms with Crippen LogP contribution in [0.4, 0.5) is 0 Å². The highest BCUT2D eigenvalue weighted by Crippen LogP contribution is 2.22. The van der Waals surface area contributed by atoms with Crippen molar-refractivity contribution in [1.82, 2.24) is 9.88 Å². The summed E-state index contributed by atoms with van der Waals surface area (Å²) in [6.45, 7) is -0.559. The van der Waals surface area contributed by atoms with Crippen LogP contribution in [0.1, 0.15) is 12.1 Å². The molecule has 0 spiro atoms. The Balaban J connectivity index is 2.06. The Morgan fingerprint density at radius 2 is 2.22 bits per heavy atom. The molecule has 0 aliphatic carbocycles. The van der Waals surface area contributed by atoms with E-state index in [2.05, 4.69) is 4.98 Å². The zero-order valence-corrected chi connectivity index (χ0v) is 9.57. The maximum Gasteiger partial charge on any atom is 0.323 e. The molecule has 0 bridgehead atoms. The average molecular weight is 248 g/mol. The van der Waals surface area contributed by atoms with Gasteiger partial charge in [0.1, 0.15) is 6.54 Å². The van der Waals surface area contributed by atoms with Gasteiger partial charge in [-0.2, -0.15) is 0 Å². The van der Waals surface area contributed by atoms with Crippen molar-refractivity contribution < 1.29 is 19.5 Å². The molecule has 6 heteroatoms. The predicted molar refractivity (Wildman–Crippen MR) is 60.4 cm³/mol. The van der Waals surface area contributed by atoms with Crippen molar-refractivity contribution in [3.8, 4) is 0 Å². The molecule has 2 amide bonds. The standard InChI is InChI=1S/C12H12N2O4/c15-10-6-8(5-9-3-1-2-4-13-9)12(18)14(10)7-11(16)17/h1-4,8H,5-7H2,(H,16,17). The minimum absolute atomic E-state index is 0.0582. The Hall–Kier alpha value is -2.24. The van der Waals surface area contributed by atoms with Crippen molar-refractivity contribution in [2.75, 3.05) is 6.54 Å². The van der Waals surface area contributed by atoms with Crippen molar-refractivity contribution in [3.05, 3.63) is 30.1 Å². The molecular formula is C12H12N2O4. The summed E-state index contributed by atoms with van der Waals surface area (Å²) in [6.07, 6.45) is 2.04. The van der Waals surface area contributed by atoms with Crippen molar-refractivity contribution >= 4 is 17.8 Å². The summed E-state index contributed by atoms with van der Waals surface area (Å²) in [5, 5.41) is 8.63. The van der Waals surface area contributed by atoms with Crippen molar-refractivity contribution in [2.45, 2.75) is 12.8 Å². The molecule has 2 heterocycles. The number of hydrogen-bond acceptors (Lipinski definition) is 4. The van der Waals surface area contributed by atoms with E-state index in [1.165, 1.54) is 0 Å². The fourth-order valence-corrected chi connectivity index (χ4v) is 1.98. The summed E-state index contributed by atoms with van der Waals surface area (Å²) in [7, 11) is 0. The van der Waals surface area contributed by atoms with Crippen molar-refractivity contribution in [1.29, 1.82) is 0 Å². The SMILES string of the molecule is O=C(O)CN1C(=O)CC(Cc2ccccn2)C1=O. The topological polar surface area (TPSA) is 87.6 Å². The van der Waals surface area contributed by atoms with Crippen LogP contribution in [0, 0.1) is 5.92 Å². The fraction of sp³-hybridized carbons (Fsp3) is 0.333. The van der Waals surface area contributed by atoms with E-state index in [0.29, 0.717) is 6.42 Å². The number of hydrogen-bond donors (Lipinski definition) is 1. The number of pyridine rings is 1. The minimum Gasteiger partial charge on any atom is -0.480 e. The Morgan fingerprint density at radius 1 is 1.44 bits per heavy atom. The van der Waals surface area contributed by atoms with Gasteiger partial charge in [-0.25, -0.2) is 0 Å². The summed E-state index contributed by atoms with van der Waals surface area (Å²) in [6, 6.07) is 5.35. The number of rotatable bonds is 4. The molecule has 2 rings (SSSR count). The highest BCUT2D eigenvalue weighted by Gasteiger charge is 2.39. The van der Waals surface area contributed by atoms with E-state index in [9.17, 15) is 14.4 Å². The Kier molecular flexibility index (Phi) is 3.36. The molecule has 6 nitrogen and oxygen atoms in total. The lowest BCUT2D eigenvalue weighted by Gasteiger charge is -2.11. The Labute approximate surface area is 103 Å². The van der Waals surface area contributed by atoms with Crippen LogP contribution in [0.2, 0.25) is 0 Å². The molecule has 0 saturated carbocycles. The number of carboxylic acids is 1. The lowest BCUT2D eigenvalue weighted by molar-refractivity contribution is -0.149. The van der Waals surface area contributed by atoms with Crippen LogP contribution < -0.4 is 0 Å². The van der Waals surface area contributed by atoms with Gasteiger partial charge in [0.25, 0.3) is 0 Å². The maximum absolute atomic E-state index is 11.9. The van der Waals surface area contributed by atoms with E-state index in [1.807, 2.05) is 0 Å². The van der Waals surface area contributed by atoms with Gasteiger partial charge in [0, 0.05) is 24.7 Å². The first-order valence-corrected chi connectivity index (χ1v) is 5.54. The summed E-state index contributed by atoms with van der Waals surface area (Å²) >= 11 is 0. The molecule has 18 heavy (non-hydrogen) atoms. The first kappa shape index (κ1) is 12.2. The summed E-state index contributed by atoms with van der Waals surface area (Å²) in [5.74, 6) is -2.53. The number of carboxylic acid groups (broad SMARTS) is 1. The molecule has 1 aliphatic rings. The minimum atomic E-state index is -1.19. The smallest absolute Gasteiger partial charge is 0.323 e. The fourth-order valence-electron chi connectivity index (χ4n) is 1.98. The van der Waals surface area contributed by atoms with Gasteiger partial charge in [-0.3, -0.25) is 24.3 Å². The summed E-state index contributed by atoms with van der Waals surface area (Å²) in [5.41, 5.74) is 0.723. The molecule has 1 N–H and O–H groups in total. The largest absolute Gasteiger partial charge is 0.480 e. The zero-order valence-electron chi connectivity index (χ0n) is 9.57. The molecule has 1 atom stereocenters. The molecule has 1 fully saturated rings. The van der Waals surface area contributed by atoms with E-state index in [0.717, 1.165) is 10.6 Å². The van der Waals surface area contributed by atoms with Gasteiger partial charge in [-0.05, 0) is 12.1 Å². The lowest BCUT2D eigenvalue weighted by atomic mass is 10.0. The van der Waals surface area contributed by atoms with Gasteiger partial charge in [0.15, 0.2) is 0 Å². The average Bonchev–Trinajstić information content (AvgIpc) is 2.58. The van der Waals surface area contributed by atoms with Crippen LogP contribution in [0.25, 0.3) is 0 Å². The number of nitrogens with zero attached hydrogens (tertiary/aromatic N) is 2. The molecule has 1 unspecified atom stereocenters. The van der Waals surface area contributed by atoms with E-state index in [-0.39, 0.29) is 6.42 Å². The number of aliphatic carboxylic acids is 1. The third kappa shape index (κ3) is 2.53. The summed E-state index contributed by atoms with van der Waals surface area (Å²) in [4.78, 5) is 38.9. The van der Waals surface area contributed by atoms with Gasteiger partial charge in [-0.15, -0.1) is 0 Å². The van der Waals surface area contributed by atoms with E-state index < -0.39 is 30.2 Å². The molecular weight excluding hydrogens is 236 g/mol. The van der Waals surface area contributed by atoms with Crippen LogP contribution in [0.5, 0.6) is 0 Å². The molecule has 0 radical (unpaired) electrons. The number of imide groups is 1. The van der Waals surface area contributed by atoms with Gasteiger partial charge in [0.05, 0.1) is 5.92 Å². The molecule has 1 saturated heterocycles. The second-order valence-corrected chi connectivity index (χ2v) is 4.14. The Morgan fingerprint density at radius 3 is 2.83 bits per heavy atom. The van der Waals surface area contributed by atoms with Gasteiger partial charge in [-0.1, -0.05) is 6.07 Å². The first-order chi connectivity index (χ1) is 8.58. The van der Waals surface area contributed by atoms with Crippen molar-refractivity contribution in [2.24, 2.45) is 5.92 Å². The molecule has 1 aromatic heterocycles. The van der Waals surface area contributed by atoms with Gasteiger partial charge in [0.2, 0.25) is 11.8 Å². The van der Waals surface area contributed by atoms with E-state index in [4.69, 9.17) is 5.11 Å². The number of aromatic nitrogens is 1. The van der Waals surface area contributed by atoms with Crippen LogP contribution in [0.15, 0.2) is 24.4 Å². The van der Waals surface area contributed by atoms with Crippen molar-refractivity contribution in [3.63, 3.8) is 0 Å². The molecule has 1 aliphatic heterocycles. The highest BCUT2D eigenvalue weighted by molar-refractivity contribution is 6.05. The second kappa shape index (κ2) is 4.95. The molecule has 0 aromatic carbocycles. The maximum atomic E-state index is 11.9. The number of carbonyl (C=O) groups is 3. The summed E-state index contributed by atoms with van der Waals surface area (Å²) < 4.78 is 0. The normalized spacial score (nSPS) is 19.3. The highest BCUT2D eigenvalue weighted by atomic mass is 16.4. The zero-order chi connectivity index (χ0) is 13.1. The van der Waals surface area contributed by atoms with E-state index >= 15 is 0 Å². The quantitative estimate of drug-likeness (QED) is 0.762. The molecule has 94 valence electrons. The third-order valence-corrected chi connectivity index (χ3v) is 2.81. The third-order valence-electron chi connectivity index (χ3n) is 2.81. The van der Waals surface area contributed by atoms with Crippen LogP contribution in [-0.2, 0) is 20.8 Å². The second-order valence-electron chi connectivity index (χ2n) is 4.14. The number of carbonyl (C=O) groups excluding carboxylic acids is 2. The Bertz CT molecular complexity index is 486. The van der Waals surface area contributed by atoms with Gasteiger partial charge >= 0.3 is 5.97 Å². The van der Waals surface area contributed by atoms with Crippen LogP contribution in [0.3, 0.4) is 0 Å². The van der Waals surface area contributed by atoms with E-state index in [1.54, 1.807) is 24.4 Å². The number of amides is 2. The first-order valence-electron chi connectivity index (χ1n) is 5.54. The van der Waals surface area contributed by atoms with Crippen LogP contribution in [-0.4, -0.2) is 39.3 Å². The monoisotopic (exact) mass is 248 g/mol. The van der Waals surface area contributed by atoms with Crippen LogP contribution >= 0.6 is 0 Å². The van der Waals surface area contributed by atoms with Gasteiger partial charge < -0.3 is 5.11 Å².